The number of carbonyl (C=O) groups excluding carboxylic acids is 1. The molecule has 2 atom stereocenters. The quantitative estimate of drug-likeness (QED) is 0.825. The minimum absolute atomic E-state index is 0.00959. The fraction of sp³-hybridized carbons (Fsp3) is 0.474. The van der Waals surface area contributed by atoms with Gasteiger partial charge in [-0.05, 0) is 38.3 Å². The summed E-state index contributed by atoms with van der Waals surface area (Å²) in [5.74, 6) is 0.151. The zero-order valence-corrected chi connectivity index (χ0v) is 15.3. The van der Waals surface area contributed by atoms with E-state index in [1.54, 1.807) is 11.3 Å². The van der Waals surface area contributed by atoms with Crippen molar-refractivity contribution >= 4 is 17.2 Å². The van der Waals surface area contributed by atoms with E-state index in [0.29, 0.717) is 13.0 Å². The molecule has 2 aromatic rings. The minimum Gasteiger partial charge on any atom is -0.372 e. The first-order valence-corrected chi connectivity index (χ1v) is 9.41. The van der Waals surface area contributed by atoms with Crippen molar-refractivity contribution in [2.45, 2.75) is 45.8 Å². The van der Waals surface area contributed by atoms with Gasteiger partial charge in [-0.2, -0.15) is 0 Å². The fourth-order valence-corrected chi connectivity index (χ4v) is 4.10. The third kappa shape index (κ3) is 3.52. The second-order valence-corrected chi connectivity index (χ2v) is 7.05. The summed E-state index contributed by atoms with van der Waals surface area (Å²) in [5.41, 5.74) is 3.47. The Morgan fingerprint density at radius 3 is 3.04 bits per heavy atom. The lowest BCUT2D eigenvalue weighted by molar-refractivity contribution is -0.133. The Bertz CT molecular complexity index is 713. The van der Waals surface area contributed by atoms with Crippen LogP contribution in [0, 0.1) is 0 Å². The van der Waals surface area contributed by atoms with Crippen LogP contribution in [0.1, 0.15) is 54.7 Å². The highest BCUT2D eigenvalue weighted by Crippen LogP contribution is 2.30. The van der Waals surface area contributed by atoms with Gasteiger partial charge in [0.1, 0.15) is 11.1 Å². The van der Waals surface area contributed by atoms with Gasteiger partial charge in [-0.3, -0.25) is 4.79 Å². The lowest BCUT2D eigenvalue weighted by Crippen LogP contribution is -2.39. The Balaban J connectivity index is 1.68. The normalized spacial score (nSPS) is 18.3. The van der Waals surface area contributed by atoms with Gasteiger partial charge in [0.2, 0.25) is 5.91 Å². The molecule has 0 saturated carbocycles. The number of hydrogen-bond donors (Lipinski definition) is 0. The van der Waals surface area contributed by atoms with Crippen molar-refractivity contribution in [2.75, 3.05) is 13.2 Å². The van der Waals surface area contributed by atoms with Crippen molar-refractivity contribution in [1.29, 1.82) is 0 Å². The maximum atomic E-state index is 12.8. The monoisotopic (exact) mass is 344 g/mol. The van der Waals surface area contributed by atoms with E-state index in [1.165, 1.54) is 11.1 Å². The van der Waals surface area contributed by atoms with Gasteiger partial charge in [0, 0.05) is 18.5 Å². The molecule has 1 aromatic carbocycles. The summed E-state index contributed by atoms with van der Waals surface area (Å²) < 4.78 is 5.57. The molecular weight excluding hydrogens is 320 g/mol. The number of benzene rings is 1. The van der Waals surface area contributed by atoms with Crippen LogP contribution < -0.4 is 0 Å². The van der Waals surface area contributed by atoms with Gasteiger partial charge in [-0.1, -0.05) is 24.3 Å². The van der Waals surface area contributed by atoms with Crippen LogP contribution in [-0.4, -0.2) is 28.9 Å². The van der Waals surface area contributed by atoms with E-state index in [4.69, 9.17) is 4.74 Å². The third-order valence-corrected chi connectivity index (χ3v) is 5.64. The van der Waals surface area contributed by atoms with Crippen LogP contribution in [0.5, 0.6) is 0 Å². The van der Waals surface area contributed by atoms with E-state index in [2.05, 4.69) is 30.1 Å². The molecule has 2 heterocycles. The zero-order valence-electron chi connectivity index (χ0n) is 14.5. The molecule has 5 heteroatoms. The number of nitrogens with zero attached hydrogens (tertiary/aromatic N) is 2. The van der Waals surface area contributed by atoms with E-state index < -0.39 is 0 Å². The topological polar surface area (TPSA) is 42.4 Å². The number of hydrogen-bond acceptors (Lipinski definition) is 4. The summed E-state index contributed by atoms with van der Waals surface area (Å²) in [6.07, 6.45) is 1.28. The number of ether oxygens (including phenoxy) is 1. The number of aromatic nitrogens is 1. The Hall–Kier alpha value is -1.72. The molecule has 0 aliphatic carbocycles. The molecule has 3 rings (SSSR count). The van der Waals surface area contributed by atoms with Gasteiger partial charge in [0.05, 0.1) is 18.2 Å². The Morgan fingerprint density at radius 1 is 1.46 bits per heavy atom. The predicted octanol–water partition coefficient (Wildman–Crippen LogP) is 3.93. The van der Waals surface area contributed by atoms with Crippen LogP contribution in [0.2, 0.25) is 0 Å². The van der Waals surface area contributed by atoms with Crippen molar-refractivity contribution in [1.82, 2.24) is 9.88 Å². The van der Waals surface area contributed by atoms with Crippen LogP contribution in [0.3, 0.4) is 0 Å². The summed E-state index contributed by atoms with van der Waals surface area (Å²) in [7, 11) is 0. The number of carbonyl (C=O) groups is 1. The second kappa shape index (κ2) is 7.45. The van der Waals surface area contributed by atoms with Gasteiger partial charge in [-0.15, -0.1) is 11.3 Å². The van der Waals surface area contributed by atoms with E-state index in [0.717, 1.165) is 23.7 Å². The molecule has 0 spiro atoms. The van der Waals surface area contributed by atoms with Crippen LogP contribution in [0.15, 0.2) is 29.6 Å². The van der Waals surface area contributed by atoms with Crippen LogP contribution >= 0.6 is 11.3 Å². The van der Waals surface area contributed by atoms with Crippen molar-refractivity contribution in [2.24, 2.45) is 0 Å². The molecule has 1 aromatic heterocycles. The lowest BCUT2D eigenvalue weighted by Gasteiger charge is -2.35. The summed E-state index contributed by atoms with van der Waals surface area (Å²) in [5, 5.41) is 2.92. The summed E-state index contributed by atoms with van der Waals surface area (Å²) in [4.78, 5) is 19.3. The van der Waals surface area contributed by atoms with Gasteiger partial charge < -0.3 is 9.64 Å². The molecule has 1 aliphatic heterocycles. The molecule has 128 valence electrons. The molecule has 0 N–H and O–H groups in total. The summed E-state index contributed by atoms with van der Waals surface area (Å²) in [6.45, 7) is 7.53. The van der Waals surface area contributed by atoms with Crippen molar-refractivity contribution in [3.63, 3.8) is 0 Å². The molecule has 4 nitrogen and oxygen atoms in total. The van der Waals surface area contributed by atoms with E-state index >= 15 is 0 Å². The third-order valence-electron chi connectivity index (χ3n) is 4.58. The Morgan fingerprint density at radius 2 is 2.25 bits per heavy atom. The molecule has 0 saturated heterocycles. The SMILES string of the molecule is CCO[C@H](C)c1nc(CC(=O)N2CCc3ccccc3[C@H]2C)cs1. The number of amides is 1. The maximum Gasteiger partial charge on any atom is 0.229 e. The predicted molar refractivity (Wildman–Crippen MR) is 96.1 cm³/mol. The zero-order chi connectivity index (χ0) is 17.1. The minimum atomic E-state index is -0.00959. The molecule has 0 unspecified atom stereocenters. The smallest absolute Gasteiger partial charge is 0.229 e. The van der Waals surface area contributed by atoms with Crippen LogP contribution in [-0.2, 0) is 22.4 Å². The average Bonchev–Trinajstić information content (AvgIpc) is 3.04. The fourth-order valence-electron chi connectivity index (χ4n) is 3.28. The maximum absolute atomic E-state index is 12.8. The highest BCUT2D eigenvalue weighted by Gasteiger charge is 2.27. The molecule has 1 aliphatic rings. The van der Waals surface area contributed by atoms with Gasteiger partial charge in [-0.25, -0.2) is 4.98 Å². The molecule has 0 bridgehead atoms. The molecule has 24 heavy (non-hydrogen) atoms. The van der Waals surface area contributed by atoms with E-state index in [1.807, 2.05) is 30.2 Å². The number of fused-ring (bicyclic) bond motifs is 1. The molecule has 0 fully saturated rings. The van der Waals surface area contributed by atoms with Gasteiger partial charge in [0.15, 0.2) is 0 Å². The van der Waals surface area contributed by atoms with E-state index in [9.17, 15) is 4.79 Å². The Labute approximate surface area is 147 Å². The first kappa shape index (κ1) is 17.1. The lowest BCUT2D eigenvalue weighted by atomic mass is 9.93. The largest absolute Gasteiger partial charge is 0.372 e. The van der Waals surface area contributed by atoms with Crippen LogP contribution in [0.4, 0.5) is 0 Å². The van der Waals surface area contributed by atoms with Gasteiger partial charge >= 0.3 is 0 Å². The number of thiazole rings is 1. The molecular formula is C19H24N2O2S. The van der Waals surface area contributed by atoms with Crippen molar-refractivity contribution in [3.05, 3.63) is 51.5 Å². The first-order chi connectivity index (χ1) is 11.6. The highest BCUT2D eigenvalue weighted by molar-refractivity contribution is 7.09. The van der Waals surface area contributed by atoms with Crippen molar-refractivity contribution < 1.29 is 9.53 Å². The Kier molecular flexibility index (Phi) is 5.31. The second-order valence-electron chi connectivity index (χ2n) is 6.16. The molecule has 1 amide bonds. The first-order valence-electron chi connectivity index (χ1n) is 8.53. The van der Waals surface area contributed by atoms with Gasteiger partial charge in [0.25, 0.3) is 0 Å². The van der Waals surface area contributed by atoms with Crippen molar-refractivity contribution in [3.8, 4) is 0 Å². The van der Waals surface area contributed by atoms with E-state index in [-0.39, 0.29) is 18.1 Å². The molecule has 0 radical (unpaired) electrons. The highest BCUT2D eigenvalue weighted by atomic mass is 32.1. The standard InChI is InChI=1S/C19H24N2O2S/c1-4-23-14(3)19-20-16(12-24-19)11-18(22)21-10-9-15-7-5-6-8-17(15)13(21)2/h5-8,12-14H,4,9-11H2,1-3H3/t13-,14-/m1/s1. The number of rotatable bonds is 5. The summed E-state index contributed by atoms with van der Waals surface area (Å²) in [6, 6.07) is 8.53. The van der Waals surface area contributed by atoms with Crippen LogP contribution in [0.25, 0.3) is 0 Å². The average molecular weight is 344 g/mol. The summed E-state index contributed by atoms with van der Waals surface area (Å²) >= 11 is 1.57.